The number of hydrogen-bond donors (Lipinski definition) is 1. The van der Waals surface area contributed by atoms with E-state index in [1.807, 2.05) is 13.0 Å². The summed E-state index contributed by atoms with van der Waals surface area (Å²) < 4.78 is 41.9. The fourth-order valence-electron chi connectivity index (χ4n) is 2.92. The minimum absolute atomic E-state index is 0.193. The number of anilines is 1. The van der Waals surface area contributed by atoms with Crippen LogP contribution in [0.2, 0.25) is 5.02 Å². The summed E-state index contributed by atoms with van der Waals surface area (Å²) in [4.78, 5) is 12.6. The molecule has 0 heterocycles. The first-order valence-electron chi connectivity index (χ1n) is 9.46. The molecule has 0 aliphatic carbocycles. The van der Waals surface area contributed by atoms with Crippen LogP contribution in [0.3, 0.4) is 0 Å². The number of methoxy groups -OCH3 is 2. The van der Waals surface area contributed by atoms with Crippen molar-refractivity contribution in [3.05, 3.63) is 47.0 Å². The van der Waals surface area contributed by atoms with E-state index in [0.717, 1.165) is 16.1 Å². The van der Waals surface area contributed by atoms with Crippen LogP contribution in [0.5, 0.6) is 17.2 Å². The van der Waals surface area contributed by atoms with Crippen LogP contribution in [0.15, 0.2) is 36.4 Å². The van der Waals surface area contributed by atoms with E-state index >= 15 is 0 Å². The van der Waals surface area contributed by atoms with Gasteiger partial charge in [-0.05, 0) is 43.7 Å². The number of benzene rings is 2. The first-order valence-corrected chi connectivity index (χ1v) is 11.7. The van der Waals surface area contributed by atoms with Crippen molar-refractivity contribution in [3.63, 3.8) is 0 Å². The summed E-state index contributed by atoms with van der Waals surface area (Å²) in [5, 5.41) is 3.28. The number of carbonyl (C=O) groups is 1. The molecule has 170 valence electrons. The molecule has 2 aromatic rings. The van der Waals surface area contributed by atoms with Crippen molar-refractivity contribution in [1.29, 1.82) is 0 Å². The number of amides is 1. The first kappa shape index (κ1) is 24.6. The summed E-state index contributed by atoms with van der Waals surface area (Å²) in [6, 6.07) is 8.97. The monoisotopic (exact) mass is 470 g/mol. The number of halogens is 1. The molecule has 0 spiro atoms. The Hall–Kier alpha value is -2.65. The standard InChI is InChI=1S/C21H27ClN2O6S/c1-14-6-8-17(13-18(14)22)30-11-10-23-21(25)15(2)24(31(5,26)27)16-7-9-19(28-3)20(12-16)29-4/h6-9,12-13,15H,10-11H2,1-5H3,(H,23,25)/t15-/m1/s1. The molecule has 0 fully saturated rings. The zero-order valence-electron chi connectivity index (χ0n) is 18.1. The van der Waals surface area contributed by atoms with Crippen molar-refractivity contribution in [1.82, 2.24) is 5.32 Å². The van der Waals surface area contributed by atoms with Gasteiger partial charge >= 0.3 is 0 Å². The summed E-state index contributed by atoms with van der Waals surface area (Å²) >= 11 is 6.07. The maximum absolute atomic E-state index is 12.6. The van der Waals surface area contributed by atoms with E-state index in [4.69, 9.17) is 25.8 Å². The van der Waals surface area contributed by atoms with Gasteiger partial charge in [-0.25, -0.2) is 8.42 Å². The summed E-state index contributed by atoms with van der Waals surface area (Å²) in [6.45, 7) is 3.79. The number of hydrogen-bond acceptors (Lipinski definition) is 6. The second-order valence-electron chi connectivity index (χ2n) is 6.82. The van der Waals surface area contributed by atoms with Crippen LogP contribution in [-0.2, 0) is 14.8 Å². The van der Waals surface area contributed by atoms with Gasteiger partial charge in [0, 0.05) is 11.1 Å². The number of nitrogens with zero attached hydrogens (tertiary/aromatic N) is 1. The largest absolute Gasteiger partial charge is 0.493 e. The fraction of sp³-hybridized carbons (Fsp3) is 0.381. The molecule has 2 rings (SSSR count). The van der Waals surface area contributed by atoms with Crippen LogP contribution in [0.1, 0.15) is 12.5 Å². The average molecular weight is 471 g/mol. The van der Waals surface area contributed by atoms with Crippen molar-refractivity contribution in [3.8, 4) is 17.2 Å². The van der Waals surface area contributed by atoms with E-state index in [9.17, 15) is 13.2 Å². The minimum Gasteiger partial charge on any atom is -0.493 e. The molecule has 0 bridgehead atoms. The quantitative estimate of drug-likeness (QED) is 0.536. The number of sulfonamides is 1. The van der Waals surface area contributed by atoms with Crippen LogP contribution < -0.4 is 23.8 Å². The molecule has 2 aromatic carbocycles. The van der Waals surface area contributed by atoms with Crippen molar-refractivity contribution < 1.29 is 27.4 Å². The van der Waals surface area contributed by atoms with Gasteiger partial charge in [0.05, 0.1) is 32.7 Å². The van der Waals surface area contributed by atoms with E-state index in [1.165, 1.54) is 27.2 Å². The van der Waals surface area contributed by atoms with E-state index in [0.29, 0.717) is 22.3 Å². The highest BCUT2D eigenvalue weighted by atomic mass is 35.5. The molecule has 0 aliphatic rings. The summed E-state index contributed by atoms with van der Waals surface area (Å²) in [6.07, 6.45) is 1.04. The van der Waals surface area contributed by atoms with Gasteiger partial charge in [0.2, 0.25) is 15.9 Å². The molecular weight excluding hydrogens is 444 g/mol. The molecule has 0 aromatic heterocycles. The molecule has 8 nitrogen and oxygen atoms in total. The van der Waals surface area contributed by atoms with Crippen molar-refractivity contribution in [2.24, 2.45) is 0 Å². The fourth-order valence-corrected chi connectivity index (χ4v) is 4.26. The molecule has 0 aliphatic heterocycles. The van der Waals surface area contributed by atoms with Crippen molar-refractivity contribution in [2.75, 3.05) is 37.9 Å². The maximum Gasteiger partial charge on any atom is 0.243 e. The zero-order chi connectivity index (χ0) is 23.2. The Kier molecular flexibility index (Phi) is 8.41. The summed E-state index contributed by atoms with van der Waals surface area (Å²) in [7, 11) is -0.830. The topological polar surface area (TPSA) is 94.2 Å². The number of nitrogens with one attached hydrogen (secondary N) is 1. The molecule has 0 radical (unpaired) electrons. The lowest BCUT2D eigenvalue weighted by atomic mass is 10.2. The molecule has 0 unspecified atom stereocenters. The molecule has 0 saturated heterocycles. The predicted octanol–water partition coefficient (Wildman–Crippen LogP) is 3.02. The third-order valence-corrected chi connectivity index (χ3v) is 6.17. The van der Waals surface area contributed by atoms with E-state index in [1.54, 1.807) is 24.3 Å². The number of aryl methyl sites for hydroxylation is 1. The lowest BCUT2D eigenvalue weighted by Gasteiger charge is -2.28. The van der Waals surface area contributed by atoms with Crippen molar-refractivity contribution in [2.45, 2.75) is 19.9 Å². The highest BCUT2D eigenvalue weighted by molar-refractivity contribution is 7.92. The van der Waals surface area contributed by atoms with Crippen LogP contribution in [0.25, 0.3) is 0 Å². The normalized spacial score (nSPS) is 12.1. The Balaban J connectivity index is 2.06. The lowest BCUT2D eigenvalue weighted by Crippen LogP contribution is -2.48. The third kappa shape index (κ3) is 6.41. The molecular formula is C21H27ClN2O6S. The highest BCUT2D eigenvalue weighted by Gasteiger charge is 2.29. The second-order valence-corrected chi connectivity index (χ2v) is 9.09. The van der Waals surface area contributed by atoms with Gasteiger partial charge in [-0.1, -0.05) is 17.7 Å². The van der Waals surface area contributed by atoms with Crippen LogP contribution in [0.4, 0.5) is 5.69 Å². The Morgan fingerprint density at radius 2 is 1.81 bits per heavy atom. The summed E-state index contributed by atoms with van der Waals surface area (Å²) in [5.74, 6) is 0.920. The van der Waals surface area contributed by atoms with Crippen LogP contribution in [0, 0.1) is 6.92 Å². The molecule has 1 N–H and O–H groups in total. The number of ether oxygens (including phenoxy) is 3. The molecule has 1 atom stereocenters. The van der Waals surface area contributed by atoms with Gasteiger partial charge in [-0.2, -0.15) is 0 Å². The van der Waals surface area contributed by atoms with Gasteiger partial charge in [-0.15, -0.1) is 0 Å². The van der Waals surface area contributed by atoms with Crippen molar-refractivity contribution >= 4 is 33.2 Å². The number of carbonyl (C=O) groups excluding carboxylic acids is 1. The number of rotatable bonds is 10. The SMILES string of the molecule is COc1ccc(N([C@H](C)C(=O)NCCOc2ccc(C)c(Cl)c2)S(C)(=O)=O)cc1OC. The Bertz CT molecular complexity index is 1030. The first-order chi connectivity index (χ1) is 14.6. The van der Waals surface area contributed by atoms with Gasteiger partial charge in [-0.3, -0.25) is 9.10 Å². The Morgan fingerprint density at radius 1 is 1.13 bits per heavy atom. The molecule has 0 saturated carbocycles. The molecule has 31 heavy (non-hydrogen) atoms. The smallest absolute Gasteiger partial charge is 0.243 e. The predicted molar refractivity (Wildman–Crippen MR) is 121 cm³/mol. The lowest BCUT2D eigenvalue weighted by molar-refractivity contribution is -0.121. The van der Waals surface area contributed by atoms with Gasteiger partial charge < -0.3 is 19.5 Å². The van der Waals surface area contributed by atoms with Gasteiger partial charge in [0.1, 0.15) is 18.4 Å². The van der Waals surface area contributed by atoms with E-state index < -0.39 is 22.0 Å². The minimum atomic E-state index is -3.76. The highest BCUT2D eigenvalue weighted by Crippen LogP contribution is 2.33. The van der Waals surface area contributed by atoms with Crippen LogP contribution in [-0.4, -0.2) is 54.0 Å². The Labute approximate surface area is 188 Å². The maximum atomic E-state index is 12.6. The average Bonchev–Trinajstić information content (AvgIpc) is 2.72. The van der Waals surface area contributed by atoms with E-state index in [2.05, 4.69) is 5.32 Å². The third-order valence-electron chi connectivity index (χ3n) is 4.52. The zero-order valence-corrected chi connectivity index (χ0v) is 19.7. The van der Waals surface area contributed by atoms with Crippen LogP contribution >= 0.6 is 11.6 Å². The molecule has 1 amide bonds. The van der Waals surface area contributed by atoms with Gasteiger partial charge in [0.25, 0.3) is 0 Å². The second kappa shape index (κ2) is 10.6. The Morgan fingerprint density at radius 3 is 2.39 bits per heavy atom. The summed E-state index contributed by atoms with van der Waals surface area (Å²) in [5.41, 5.74) is 1.22. The van der Waals surface area contributed by atoms with Gasteiger partial charge in [0.15, 0.2) is 11.5 Å². The van der Waals surface area contributed by atoms with E-state index in [-0.39, 0.29) is 18.8 Å². The molecule has 10 heteroatoms.